The molecule has 1 N–H and O–H groups in total. The van der Waals surface area contributed by atoms with E-state index in [0.29, 0.717) is 13.0 Å². The molecule has 0 aromatic carbocycles. The van der Waals surface area contributed by atoms with Crippen molar-refractivity contribution >= 4 is 5.91 Å². The molecule has 2 rings (SSSR count). The Bertz CT molecular complexity index is 422. The van der Waals surface area contributed by atoms with Crippen molar-refractivity contribution in [2.24, 2.45) is 7.05 Å². The Kier molecular flexibility index (Phi) is 1.99. The van der Waals surface area contributed by atoms with Crippen molar-refractivity contribution in [1.29, 1.82) is 0 Å². The highest BCUT2D eigenvalue weighted by molar-refractivity contribution is 5.97. The normalized spacial score (nSPS) is 16.1. The number of amides is 1. The highest BCUT2D eigenvalue weighted by Crippen LogP contribution is 2.33. The molecule has 0 unspecified atom stereocenters. The molecule has 1 aliphatic heterocycles. The Hall–Kier alpha value is -1.53. The first-order valence-corrected chi connectivity index (χ1v) is 4.32. The molecule has 0 saturated heterocycles. The van der Waals surface area contributed by atoms with Crippen LogP contribution in [-0.2, 0) is 19.6 Å². The molecule has 1 aromatic heterocycles. The molecule has 0 bridgehead atoms. The molecule has 7 heteroatoms. The van der Waals surface area contributed by atoms with Crippen molar-refractivity contribution in [3.63, 3.8) is 0 Å². The predicted octanol–water partition coefficient (Wildman–Crippen LogP) is 0.725. The number of carbonyl (C=O) groups is 1. The number of aryl methyl sites for hydroxylation is 1. The number of rotatable bonds is 0. The molecule has 0 fully saturated rings. The van der Waals surface area contributed by atoms with Crippen LogP contribution >= 0.6 is 0 Å². The van der Waals surface area contributed by atoms with Crippen LogP contribution in [0.25, 0.3) is 0 Å². The SMILES string of the molecule is Cn1nc2c(c1C(F)(F)F)C(=O)NCC2. The topological polar surface area (TPSA) is 46.9 Å². The highest BCUT2D eigenvalue weighted by atomic mass is 19.4. The predicted molar refractivity (Wildman–Crippen MR) is 44.2 cm³/mol. The maximum Gasteiger partial charge on any atom is 0.433 e. The van der Waals surface area contributed by atoms with Crippen LogP contribution in [-0.4, -0.2) is 22.2 Å². The average Bonchev–Trinajstić information content (AvgIpc) is 2.41. The summed E-state index contributed by atoms with van der Waals surface area (Å²) >= 11 is 0. The van der Waals surface area contributed by atoms with E-state index in [-0.39, 0.29) is 11.3 Å². The first kappa shape index (κ1) is 10.0. The molecule has 0 radical (unpaired) electrons. The molecular weight excluding hydrogens is 211 g/mol. The number of nitrogens with zero attached hydrogens (tertiary/aromatic N) is 2. The van der Waals surface area contributed by atoms with Crippen LogP contribution in [0.4, 0.5) is 13.2 Å². The van der Waals surface area contributed by atoms with Gasteiger partial charge in [-0.1, -0.05) is 0 Å². The lowest BCUT2D eigenvalue weighted by Crippen LogP contribution is -2.33. The third-order valence-corrected chi connectivity index (χ3v) is 2.26. The Labute approximate surface area is 83.1 Å². The van der Waals surface area contributed by atoms with Gasteiger partial charge in [0, 0.05) is 20.0 Å². The van der Waals surface area contributed by atoms with Gasteiger partial charge >= 0.3 is 6.18 Å². The van der Waals surface area contributed by atoms with Gasteiger partial charge in [0.2, 0.25) is 0 Å². The zero-order valence-corrected chi connectivity index (χ0v) is 7.85. The van der Waals surface area contributed by atoms with E-state index < -0.39 is 17.8 Å². The summed E-state index contributed by atoms with van der Waals surface area (Å²) in [6.07, 6.45) is -4.21. The second-order valence-electron chi connectivity index (χ2n) is 3.30. The van der Waals surface area contributed by atoms with Gasteiger partial charge in [-0.3, -0.25) is 9.48 Å². The van der Waals surface area contributed by atoms with E-state index in [2.05, 4.69) is 10.4 Å². The number of aromatic nitrogens is 2. The summed E-state index contributed by atoms with van der Waals surface area (Å²) in [4.78, 5) is 11.3. The van der Waals surface area contributed by atoms with E-state index in [1.807, 2.05) is 0 Å². The van der Waals surface area contributed by atoms with Crippen molar-refractivity contribution in [2.75, 3.05) is 6.54 Å². The highest BCUT2D eigenvalue weighted by Gasteiger charge is 2.42. The van der Waals surface area contributed by atoms with Gasteiger partial charge in [-0.05, 0) is 0 Å². The monoisotopic (exact) mass is 219 g/mol. The van der Waals surface area contributed by atoms with Crippen LogP contribution in [0.5, 0.6) is 0 Å². The second kappa shape index (κ2) is 2.98. The van der Waals surface area contributed by atoms with Gasteiger partial charge in [0.05, 0.1) is 11.3 Å². The molecule has 0 spiro atoms. The van der Waals surface area contributed by atoms with Crippen molar-refractivity contribution in [3.8, 4) is 0 Å². The molecule has 1 aliphatic rings. The molecule has 1 aromatic rings. The maximum absolute atomic E-state index is 12.6. The Morgan fingerprint density at radius 2 is 2.13 bits per heavy atom. The molecule has 0 atom stereocenters. The Balaban J connectivity index is 2.65. The summed E-state index contributed by atoms with van der Waals surface area (Å²) in [6.45, 7) is 0.333. The minimum atomic E-state index is -4.55. The lowest BCUT2D eigenvalue weighted by molar-refractivity contribution is -0.144. The molecule has 0 saturated carbocycles. The zero-order chi connectivity index (χ0) is 11.2. The van der Waals surface area contributed by atoms with E-state index >= 15 is 0 Å². The summed E-state index contributed by atoms with van der Waals surface area (Å²) in [5.74, 6) is -0.698. The summed E-state index contributed by atoms with van der Waals surface area (Å²) in [6, 6.07) is 0. The Morgan fingerprint density at radius 1 is 1.47 bits per heavy atom. The molecule has 1 amide bonds. The first-order chi connectivity index (χ1) is 6.91. The Morgan fingerprint density at radius 3 is 2.73 bits per heavy atom. The minimum absolute atomic E-state index is 0.216. The van der Waals surface area contributed by atoms with Crippen molar-refractivity contribution in [1.82, 2.24) is 15.1 Å². The third-order valence-electron chi connectivity index (χ3n) is 2.26. The van der Waals surface area contributed by atoms with Crippen LogP contribution in [0.1, 0.15) is 21.7 Å². The number of halogens is 3. The number of hydrogen-bond donors (Lipinski definition) is 1. The van der Waals surface area contributed by atoms with E-state index in [0.717, 1.165) is 4.68 Å². The van der Waals surface area contributed by atoms with Gasteiger partial charge in [0.25, 0.3) is 5.91 Å². The summed E-state index contributed by atoms with van der Waals surface area (Å²) < 4.78 is 38.5. The summed E-state index contributed by atoms with van der Waals surface area (Å²) in [7, 11) is 1.19. The largest absolute Gasteiger partial charge is 0.433 e. The van der Waals surface area contributed by atoms with Crippen LogP contribution in [0.2, 0.25) is 0 Å². The van der Waals surface area contributed by atoms with Crippen LogP contribution in [0.15, 0.2) is 0 Å². The number of hydrogen-bond acceptors (Lipinski definition) is 2. The molecule has 15 heavy (non-hydrogen) atoms. The zero-order valence-electron chi connectivity index (χ0n) is 7.85. The fourth-order valence-corrected chi connectivity index (χ4v) is 1.70. The van der Waals surface area contributed by atoms with E-state index in [1.54, 1.807) is 0 Å². The van der Waals surface area contributed by atoms with Crippen molar-refractivity contribution in [2.45, 2.75) is 12.6 Å². The molecule has 4 nitrogen and oxygen atoms in total. The molecule has 2 heterocycles. The van der Waals surface area contributed by atoms with Gasteiger partial charge < -0.3 is 5.32 Å². The summed E-state index contributed by atoms with van der Waals surface area (Å²) in [5, 5.41) is 6.08. The lowest BCUT2D eigenvalue weighted by atomic mass is 10.1. The molecule has 0 aliphatic carbocycles. The van der Waals surface area contributed by atoms with Gasteiger partial charge in [-0.2, -0.15) is 18.3 Å². The quantitative estimate of drug-likeness (QED) is 0.699. The van der Waals surface area contributed by atoms with Crippen molar-refractivity contribution < 1.29 is 18.0 Å². The van der Waals surface area contributed by atoms with E-state index in [9.17, 15) is 18.0 Å². The average molecular weight is 219 g/mol. The van der Waals surface area contributed by atoms with Gasteiger partial charge in [-0.25, -0.2) is 0 Å². The fourth-order valence-electron chi connectivity index (χ4n) is 1.70. The van der Waals surface area contributed by atoms with E-state index in [1.165, 1.54) is 7.05 Å². The fraction of sp³-hybridized carbons (Fsp3) is 0.500. The number of alkyl halides is 3. The minimum Gasteiger partial charge on any atom is -0.352 e. The van der Waals surface area contributed by atoms with Crippen LogP contribution in [0, 0.1) is 0 Å². The maximum atomic E-state index is 12.6. The number of fused-ring (bicyclic) bond motifs is 1. The van der Waals surface area contributed by atoms with Crippen LogP contribution in [0.3, 0.4) is 0 Å². The van der Waals surface area contributed by atoms with Crippen LogP contribution < -0.4 is 5.32 Å². The van der Waals surface area contributed by atoms with Crippen molar-refractivity contribution in [3.05, 3.63) is 17.0 Å². The standard InChI is InChI=1S/C8H8F3N3O/c1-14-6(8(9,10)11)5-4(13-14)2-3-12-7(5)15/h2-3H2,1H3,(H,12,15). The first-order valence-electron chi connectivity index (χ1n) is 4.32. The van der Waals surface area contributed by atoms with Gasteiger partial charge in [0.1, 0.15) is 0 Å². The van der Waals surface area contributed by atoms with E-state index in [4.69, 9.17) is 0 Å². The number of carbonyl (C=O) groups excluding carboxylic acids is 1. The lowest BCUT2D eigenvalue weighted by Gasteiger charge is -2.13. The summed E-state index contributed by atoms with van der Waals surface area (Å²) in [5.41, 5.74) is -1.10. The smallest absolute Gasteiger partial charge is 0.352 e. The molecule has 82 valence electrons. The third kappa shape index (κ3) is 1.47. The molecular formula is C8H8F3N3O. The van der Waals surface area contributed by atoms with Gasteiger partial charge in [0.15, 0.2) is 5.69 Å². The second-order valence-corrected chi connectivity index (χ2v) is 3.30. The number of nitrogens with one attached hydrogen (secondary N) is 1. The van der Waals surface area contributed by atoms with Gasteiger partial charge in [-0.15, -0.1) is 0 Å².